The number of carbonyl (C=O) groups is 1. The lowest BCUT2D eigenvalue weighted by Crippen LogP contribution is -2.25. The van der Waals surface area contributed by atoms with Crippen LogP contribution in [0.15, 0.2) is 47.4 Å². The van der Waals surface area contributed by atoms with Crippen molar-refractivity contribution in [1.82, 2.24) is 5.32 Å². The van der Waals surface area contributed by atoms with E-state index in [4.69, 9.17) is 0 Å². The van der Waals surface area contributed by atoms with E-state index >= 15 is 0 Å². The van der Waals surface area contributed by atoms with Crippen LogP contribution in [-0.2, 0) is 10.0 Å². The molecule has 2 aromatic carbocycles. The van der Waals surface area contributed by atoms with Crippen molar-refractivity contribution in [2.24, 2.45) is 5.92 Å². The van der Waals surface area contributed by atoms with E-state index in [1.165, 1.54) is 24.3 Å². The van der Waals surface area contributed by atoms with Gasteiger partial charge in [0.25, 0.3) is 15.9 Å². The maximum absolute atomic E-state index is 13.2. The lowest BCUT2D eigenvalue weighted by atomic mass is 10.1. The Morgan fingerprint density at radius 2 is 1.69 bits per heavy atom. The fourth-order valence-corrected chi connectivity index (χ4v) is 3.19. The van der Waals surface area contributed by atoms with Crippen LogP contribution in [0.5, 0.6) is 0 Å². The Morgan fingerprint density at radius 3 is 2.27 bits per heavy atom. The van der Waals surface area contributed by atoms with Gasteiger partial charge < -0.3 is 5.32 Å². The first kappa shape index (κ1) is 19.8. The number of amides is 1. The molecule has 1 amide bonds. The molecule has 0 radical (unpaired) electrons. The molecule has 0 fully saturated rings. The molecule has 5 nitrogen and oxygen atoms in total. The topological polar surface area (TPSA) is 75.3 Å². The van der Waals surface area contributed by atoms with E-state index < -0.39 is 26.6 Å². The van der Waals surface area contributed by atoms with E-state index in [-0.39, 0.29) is 11.6 Å². The number of halogens is 2. The van der Waals surface area contributed by atoms with Crippen LogP contribution in [0.3, 0.4) is 0 Å². The molecule has 140 valence electrons. The molecule has 2 rings (SSSR count). The average molecular weight is 382 g/mol. The summed E-state index contributed by atoms with van der Waals surface area (Å²) in [7, 11) is -4.07. The summed E-state index contributed by atoms with van der Waals surface area (Å²) in [6, 6.07) is 8.13. The minimum Gasteiger partial charge on any atom is -0.352 e. The van der Waals surface area contributed by atoms with Crippen LogP contribution in [0, 0.1) is 17.6 Å². The Hall–Kier alpha value is -2.48. The molecule has 0 spiro atoms. The highest BCUT2D eigenvalue weighted by atomic mass is 32.2. The molecule has 8 heteroatoms. The van der Waals surface area contributed by atoms with Gasteiger partial charge in [0.2, 0.25) is 0 Å². The highest BCUT2D eigenvalue weighted by Gasteiger charge is 2.17. The van der Waals surface area contributed by atoms with E-state index in [0.29, 0.717) is 24.1 Å². The first-order valence-corrected chi connectivity index (χ1v) is 9.53. The Morgan fingerprint density at radius 1 is 1.04 bits per heavy atom. The Labute approximate surface area is 151 Å². The molecule has 0 aliphatic heterocycles. The van der Waals surface area contributed by atoms with Gasteiger partial charge in [-0.25, -0.2) is 17.2 Å². The predicted octanol–water partition coefficient (Wildman–Crippen LogP) is 3.54. The van der Waals surface area contributed by atoms with Crippen molar-refractivity contribution in [3.63, 3.8) is 0 Å². The lowest BCUT2D eigenvalue weighted by molar-refractivity contribution is 0.0952. The fraction of sp³-hybridized carbons (Fsp3) is 0.278. The summed E-state index contributed by atoms with van der Waals surface area (Å²) < 4.78 is 52.8. The van der Waals surface area contributed by atoms with Gasteiger partial charge in [-0.2, -0.15) is 0 Å². The van der Waals surface area contributed by atoms with Crippen LogP contribution in [-0.4, -0.2) is 20.9 Å². The molecule has 0 aliphatic carbocycles. The highest BCUT2D eigenvalue weighted by molar-refractivity contribution is 7.92. The molecule has 0 aromatic heterocycles. The zero-order chi connectivity index (χ0) is 19.3. The summed E-state index contributed by atoms with van der Waals surface area (Å²) in [5.74, 6) is -2.15. The zero-order valence-corrected chi connectivity index (χ0v) is 15.2. The van der Waals surface area contributed by atoms with Crippen molar-refractivity contribution in [3.05, 3.63) is 59.7 Å². The summed E-state index contributed by atoms with van der Waals surface area (Å²) in [4.78, 5) is 11.6. The summed E-state index contributed by atoms with van der Waals surface area (Å²) in [5.41, 5.74) is 0.595. The van der Waals surface area contributed by atoms with Gasteiger partial charge in [-0.15, -0.1) is 0 Å². The number of carbonyl (C=O) groups excluding carboxylic acids is 1. The third-order valence-electron chi connectivity index (χ3n) is 3.61. The molecule has 0 saturated carbocycles. The lowest BCUT2D eigenvalue weighted by Gasteiger charge is -2.10. The van der Waals surface area contributed by atoms with Gasteiger partial charge in [-0.1, -0.05) is 13.8 Å². The van der Waals surface area contributed by atoms with Crippen molar-refractivity contribution < 1.29 is 22.0 Å². The van der Waals surface area contributed by atoms with Gasteiger partial charge in [0.1, 0.15) is 0 Å². The van der Waals surface area contributed by atoms with Gasteiger partial charge in [-0.3, -0.25) is 9.52 Å². The summed E-state index contributed by atoms with van der Waals surface area (Å²) in [6.45, 7) is 4.67. The molecule has 0 saturated heterocycles. The molecule has 26 heavy (non-hydrogen) atoms. The quantitative estimate of drug-likeness (QED) is 0.769. The van der Waals surface area contributed by atoms with E-state index in [0.717, 1.165) is 18.6 Å². The number of nitrogens with one attached hydrogen (secondary N) is 2. The van der Waals surface area contributed by atoms with Crippen molar-refractivity contribution >= 4 is 21.6 Å². The van der Waals surface area contributed by atoms with E-state index in [1.807, 2.05) is 0 Å². The molecule has 0 aliphatic rings. The fourth-order valence-electron chi connectivity index (χ4n) is 2.12. The van der Waals surface area contributed by atoms with E-state index in [2.05, 4.69) is 23.9 Å². The third kappa shape index (κ3) is 5.26. The minimum absolute atomic E-state index is 0.202. The van der Waals surface area contributed by atoms with Gasteiger partial charge in [0, 0.05) is 17.8 Å². The number of anilines is 1. The second kappa shape index (κ2) is 8.27. The van der Waals surface area contributed by atoms with Crippen LogP contribution < -0.4 is 10.0 Å². The van der Waals surface area contributed by atoms with Crippen LogP contribution in [0.25, 0.3) is 0 Å². The van der Waals surface area contributed by atoms with Crippen LogP contribution in [0.2, 0.25) is 0 Å². The first-order chi connectivity index (χ1) is 12.2. The van der Waals surface area contributed by atoms with Gasteiger partial charge in [0.15, 0.2) is 11.6 Å². The van der Waals surface area contributed by atoms with E-state index in [9.17, 15) is 22.0 Å². The molecular formula is C18H20F2N2O3S. The average Bonchev–Trinajstić information content (AvgIpc) is 2.57. The summed E-state index contributed by atoms with van der Waals surface area (Å²) in [6.07, 6.45) is 0.859. The second-order valence-electron chi connectivity index (χ2n) is 6.20. The third-order valence-corrected chi connectivity index (χ3v) is 4.99. The molecule has 2 aromatic rings. The molecule has 2 N–H and O–H groups in total. The van der Waals surface area contributed by atoms with Crippen LogP contribution >= 0.6 is 0 Å². The summed E-state index contributed by atoms with van der Waals surface area (Å²) >= 11 is 0. The molecular weight excluding hydrogens is 362 g/mol. The number of hydrogen-bond donors (Lipinski definition) is 2. The van der Waals surface area contributed by atoms with Gasteiger partial charge in [0.05, 0.1) is 4.90 Å². The molecule has 0 atom stereocenters. The SMILES string of the molecule is CC(C)CCNC(=O)c1ccc(NS(=O)(=O)c2ccc(F)c(F)c2)cc1. The zero-order valence-electron chi connectivity index (χ0n) is 14.4. The molecule has 0 unspecified atom stereocenters. The smallest absolute Gasteiger partial charge is 0.261 e. The van der Waals surface area contributed by atoms with Crippen LogP contribution in [0.4, 0.5) is 14.5 Å². The molecule has 0 heterocycles. The van der Waals surface area contributed by atoms with Crippen molar-refractivity contribution in [2.45, 2.75) is 25.2 Å². The van der Waals surface area contributed by atoms with Crippen molar-refractivity contribution in [2.75, 3.05) is 11.3 Å². The largest absolute Gasteiger partial charge is 0.352 e. The summed E-state index contributed by atoms with van der Waals surface area (Å²) in [5, 5.41) is 2.78. The normalized spacial score (nSPS) is 11.4. The van der Waals surface area contributed by atoms with Gasteiger partial charge >= 0.3 is 0 Å². The minimum atomic E-state index is -4.07. The number of rotatable bonds is 7. The second-order valence-corrected chi connectivity index (χ2v) is 7.88. The molecule has 0 bridgehead atoms. The monoisotopic (exact) mass is 382 g/mol. The number of benzene rings is 2. The van der Waals surface area contributed by atoms with Crippen molar-refractivity contribution in [3.8, 4) is 0 Å². The maximum atomic E-state index is 13.2. The van der Waals surface area contributed by atoms with Crippen molar-refractivity contribution in [1.29, 1.82) is 0 Å². The standard InChI is InChI=1S/C18H20F2N2O3S/c1-12(2)9-10-21-18(23)13-3-5-14(6-4-13)22-26(24,25)15-7-8-16(19)17(20)11-15/h3-8,11-12,22H,9-10H2,1-2H3,(H,21,23). The van der Waals surface area contributed by atoms with Gasteiger partial charge in [-0.05, 0) is 54.8 Å². The Kier molecular flexibility index (Phi) is 6.31. The maximum Gasteiger partial charge on any atom is 0.261 e. The van der Waals surface area contributed by atoms with E-state index in [1.54, 1.807) is 0 Å². The predicted molar refractivity (Wildman–Crippen MR) is 95.4 cm³/mol. The van der Waals surface area contributed by atoms with Crippen LogP contribution in [0.1, 0.15) is 30.6 Å². The first-order valence-electron chi connectivity index (χ1n) is 8.05. The Bertz CT molecular complexity index is 882. The highest BCUT2D eigenvalue weighted by Crippen LogP contribution is 2.18. The number of hydrogen-bond acceptors (Lipinski definition) is 3. The number of sulfonamides is 1. The Balaban J connectivity index is 2.06.